The van der Waals surface area contributed by atoms with Gasteiger partial charge in [-0.3, -0.25) is 4.90 Å². The van der Waals surface area contributed by atoms with Crippen molar-refractivity contribution in [3.05, 3.63) is 0 Å². The molecule has 0 N–H and O–H groups in total. The molecule has 2 nitrogen and oxygen atoms in total. The molecule has 2 saturated heterocycles. The maximum atomic E-state index is 5.39. The van der Waals surface area contributed by atoms with Crippen molar-refractivity contribution in [2.45, 2.75) is 25.3 Å². The summed E-state index contributed by atoms with van der Waals surface area (Å²) in [7, 11) is 0. The van der Waals surface area contributed by atoms with Crippen molar-refractivity contribution in [2.24, 2.45) is 0 Å². The first kappa shape index (κ1) is 6.62. The molecule has 10 heavy (non-hydrogen) atoms. The van der Waals surface area contributed by atoms with E-state index in [0.717, 1.165) is 13.2 Å². The van der Waals surface area contributed by atoms with E-state index in [1.807, 2.05) is 0 Å². The van der Waals surface area contributed by atoms with E-state index in [9.17, 15) is 0 Å². The Balaban J connectivity index is 2.01. The number of hydrogen-bond donors (Lipinski definition) is 0. The highest BCUT2D eigenvalue weighted by molar-refractivity contribution is 5.01. The van der Waals surface area contributed by atoms with E-state index in [1.54, 1.807) is 0 Å². The van der Waals surface area contributed by atoms with Crippen molar-refractivity contribution in [1.82, 2.24) is 4.90 Å². The van der Waals surface area contributed by atoms with E-state index >= 15 is 0 Å². The van der Waals surface area contributed by atoms with Gasteiger partial charge < -0.3 is 4.74 Å². The molecule has 1 atom stereocenters. The largest absolute Gasteiger partial charge is 0.379 e. The van der Waals surface area contributed by atoms with Gasteiger partial charge in [0.25, 0.3) is 0 Å². The van der Waals surface area contributed by atoms with Gasteiger partial charge in [-0.25, -0.2) is 0 Å². The molecule has 0 bridgehead atoms. The van der Waals surface area contributed by atoms with Crippen LogP contribution in [0.4, 0.5) is 0 Å². The fraction of sp³-hybridized carbons (Fsp3) is 1.00. The summed E-state index contributed by atoms with van der Waals surface area (Å²) >= 11 is 0. The van der Waals surface area contributed by atoms with Crippen LogP contribution in [0.3, 0.4) is 0 Å². The first-order chi connectivity index (χ1) is 4.87. The fourth-order valence-electron chi connectivity index (χ4n) is 2.12. The first-order valence-corrected chi connectivity index (χ1v) is 4.20. The third-order valence-electron chi connectivity index (χ3n) is 2.98. The molecular formula is C8H15NO. The lowest BCUT2D eigenvalue weighted by Crippen LogP contribution is -2.60. The average Bonchev–Trinajstić information content (AvgIpc) is 2.35. The molecule has 0 aromatic rings. The number of likely N-dealkylation sites (tertiary alicyclic amines) is 1. The number of rotatable bonds is 1. The van der Waals surface area contributed by atoms with Gasteiger partial charge in [-0.1, -0.05) is 6.92 Å². The van der Waals surface area contributed by atoms with Gasteiger partial charge in [0, 0.05) is 18.7 Å². The lowest BCUT2D eigenvalue weighted by atomic mass is 9.84. The molecule has 0 aliphatic carbocycles. The van der Waals surface area contributed by atoms with Crippen LogP contribution in [0.5, 0.6) is 0 Å². The van der Waals surface area contributed by atoms with Gasteiger partial charge in [-0.2, -0.15) is 0 Å². The van der Waals surface area contributed by atoms with Crippen molar-refractivity contribution in [3.8, 4) is 0 Å². The van der Waals surface area contributed by atoms with Gasteiger partial charge in [-0.15, -0.1) is 0 Å². The maximum Gasteiger partial charge on any atom is 0.0651 e. The van der Waals surface area contributed by atoms with Crippen LogP contribution in [0, 0.1) is 0 Å². The van der Waals surface area contributed by atoms with Gasteiger partial charge in [0.15, 0.2) is 0 Å². The van der Waals surface area contributed by atoms with Gasteiger partial charge in [0.05, 0.1) is 6.61 Å². The minimum atomic E-state index is 0.495. The summed E-state index contributed by atoms with van der Waals surface area (Å²) in [5.41, 5.74) is 0.495. The Hall–Kier alpha value is -0.0800. The minimum Gasteiger partial charge on any atom is -0.379 e. The number of likely N-dealkylation sites (N-methyl/N-ethyl adjacent to an activating group) is 1. The third kappa shape index (κ3) is 0.722. The van der Waals surface area contributed by atoms with E-state index < -0.39 is 0 Å². The molecule has 1 unspecified atom stereocenters. The highest BCUT2D eigenvalue weighted by atomic mass is 16.5. The van der Waals surface area contributed by atoms with E-state index in [0.29, 0.717) is 5.54 Å². The van der Waals surface area contributed by atoms with Crippen LogP contribution in [-0.4, -0.2) is 36.7 Å². The van der Waals surface area contributed by atoms with Crippen LogP contribution < -0.4 is 0 Å². The van der Waals surface area contributed by atoms with Crippen molar-refractivity contribution in [1.29, 1.82) is 0 Å². The Bertz CT molecular complexity index is 127. The molecule has 2 aliphatic rings. The summed E-state index contributed by atoms with van der Waals surface area (Å²) in [6, 6.07) is 0. The number of ether oxygens (including phenoxy) is 1. The molecule has 2 aliphatic heterocycles. The van der Waals surface area contributed by atoms with Crippen LogP contribution in [-0.2, 0) is 4.74 Å². The smallest absolute Gasteiger partial charge is 0.0651 e. The SMILES string of the molecule is CCN1CCC12CCOC2. The van der Waals surface area contributed by atoms with Gasteiger partial charge in [0.2, 0.25) is 0 Å². The molecule has 2 fully saturated rings. The fourth-order valence-corrected chi connectivity index (χ4v) is 2.12. The van der Waals surface area contributed by atoms with Crippen LogP contribution in [0.15, 0.2) is 0 Å². The zero-order valence-corrected chi connectivity index (χ0v) is 6.60. The second-order valence-corrected chi connectivity index (χ2v) is 3.36. The Labute approximate surface area is 62.2 Å². The third-order valence-corrected chi connectivity index (χ3v) is 2.98. The molecule has 2 heterocycles. The monoisotopic (exact) mass is 141 g/mol. The first-order valence-electron chi connectivity index (χ1n) is 4.20. The van der Waals surface area contributed by atoms with E-state index in [2.05, 4.69) is 11.8 Å². The number of hydrogen-bond acceptors (Lipinski definition) is 2. The van der Waals surface area contributed by atoms with Crippen molar-refractivity contribution in [3.63, 3.8) is 0 Å². The molecule has 0 radical (unpaired) electrons. The van der Waals surface area contributed by atoms with Crippen molar-refractivity contribution >= 4 is 0 Å². The highest BCUT2D eigenvalue weighted by Crippen LogP contribution is 2.37. The predicted octanol–water partition coefficient (Wildman–Crippen LogP) is 0.871. The molecule has 0 aromatic carbocycles. The molecule has 2 rings (SSSR count). The quantitative estimate of drug-likeness (QED) is 0.537. The molecule has 0 saturated carbocycles. The Morgan fingerprint density at radius 2 is 2.40 bits per heavy atom. The predicted molar refractivity (Wildman–Crippen MR) is 40.0 cm³/mol. The van der Waals surface area contributed by atoms with Crippen molar-refractivity contribution in [2.75, 3.05) is 26.3 Å². The van der Waals surface area contributed by atoms with Crippen LogP contribution >= 0.6 is 0 Å². The number of nitrogens with zero attached hydrogens (tertiary/aromatic N) is 1. The Morgan fingerprint density at radius 1 is 1.50 bits per heavy atom. The summed E-state index contributed by atoms with van der Waals surface area (Å²) in [6.45, 7) is 6.69. The van der Waals surface area contributed by atoms with Gasteiger partial charge >= 0.3 is 0 Å². The van der Waals surface area contributed by atoms with Crippen LogP contribution in [0.1, 0.15) is 19.8 Å². The Morgan fingerprint density at radius 3 is 2.80 bits per heavy atom. The second-order valence-electron chi connectivity index (χ2n) is 3.36. The standard InChI is InChI=1S/C8H15NO/c1-2-9-5-3-8(9)4-6-10-7-8/h2-7H2,1H3. The summed E-state index contributed by atoms with van der Waals surface area (Å²) < 4.78 is 5.39. The van der Waals surface area contributed by atoms with Crippen molar-refractivity contribution < 1.29 is 4.74 Å². The molecular weight excluding hydrogens is 126 g/mol. The van der Waals surface area contributed by atoms with E-state index in [-0.39, 0.29) is 0 Å². The van der Waals surface area contributed by atoms with Crippen LogP contribution in [0.25, 0.3) is 0 Å². The maximum absolute atomic E-state index is 5.39. The minimum absolute atomic E-state index is 0.495. The summed E-state index contributed by atoms with van der Waals surface area (Å²) in [5.74, 6) is 0. The molecule has 1 spiro atoms. The summed E-state index contributed by atoms with van der Waals surface area (Å²) in [6.07, 6.45) is 2.63. The normalized spacial score (nSPS) is 40.5. The van der Waals surface area contributed by atoms with E-state index in [1.165, 1.54) is 25.9 Å². The lowest BCUT2D eigenvalue weighted by Gasteiger charge is -2.49. The second kappa shape index (κ2) is 2.21. The zero-order chi connectivity index (χ0) is 7.03. The van der Waals surface area contributed by atoms with Crippen LogP contribution in [0.2, 0.25) is 0 Å². The summed E-state index contributed by atoms with van der Waals surface area (Å²) in [4.78, 5) is 2.54. The molecule has 58 valence electrons. The topological polar surface area (TPSA) is 12.5 Å². The molecule has 0 amide bonds. The average molecular weight is 141 g/mol. The van der Waals surface area contributed by atoms with E-state index in [4.69, 9.17) is 4.74 Å². The molecule has 2 heteroatoms. The zero-order valence-electron chi connectivity index (χ0n) is 6.60. The Kier molecular flexibility index (Phi) is 1.46. The highest BCUT2D eigenvalue weighted by Gasteiger charge is 2.46. The lowest BCUT2D eigenvalue weighted by molar-refractivity contribution is -0.0160. The molecule has 0 aromatic heterocycles. The van der Waals surface area contributed by atoms with Gasteiger partial charge in [-0.05, 0) is 19.4 Å². The summed E-state index contributed by atoms with van der Waals surface area (Å²) in [5, 5.41) is 0. The van der Waals surface area contributed by atoms with Gasteiger partial charge in [0.1, 0.15) is 0 Å².